The van der Waals surface area contributed by atoms with Crippen LogP contribution in [0.25, 0.3) is 0 Å². The Labute approximate surface area is 281 Å². The van der Waals surface area contributed by atoms with Crippen LogP contribution in [0.5, 0.6) is 11.5 Å². The van der Waals surface area contributed by atoms with E-state index in [2.05, 4.69) is 10.6 Å². The highest BCUT2D eigenvalue weighted by atomic mass is 16.8. The van der Waals surface area contributed by atoms with Gasteiger partial charge in [0, 0.05) is 0 Å². The lowest BCUT2D eigenvalue weighted by atomic mass is 9.97. The molecule has 5 rings (SSSR count). The lowest BCUT2D eigenvalue weighted by Crippen LogP contribution is -2.57. The molecule has 0 bridgehead atoms. The zero-order valence-corrected chi connectivity index (χ0v) is 27.9. The van der Waals surface area contributed by atoms with Crippen molar-refractivity contribution in [1.82, 2.24) is 10.6 Å². The summed E-state index contributed by atoms with van der Waals surface area (Å²) < 4.78 is 36.2. The molecule has 3 aromatic rings. The largest absolute Gasteiger partial charge is 0.466 e. The van der Waals surface area contributed by atoms with Gasteiger partial charge in [0.25, 0.3) is 5.91 Å². The van der Waals surface area contributed by atoms with Crippen molar-refractivity contribution >= 4 is 17.8 Å². The summed E-state index contributed by atoms with van der Waals surface area (Å²) in [6, 6.07) is 23.7. The molecule has 2 saturated heterocycles. The molecule has 6 atom stereocenters. The van der Waals surface area contributed by atoms with Gasteiger partial charge in [0.2, 0.25) is 5.91 Å². The van der Waals surface area contributed by atoms with Crippen LogP contribution in [0.3, 0.4) is 0 Å². The Morgan fingerprint density at radius 2 is 1.54 bits per heavy atom. The number of benzene rings is 3. The molecule has 0 saturated carbocycles. The first-order chi connectivity index (χ1) is 23.0. The van der Waals surface area contributed by atoms with Crippen molar-refractivity contribution in [1.29, 1.82) is 0 Å². The standard InChI is InChI=1S/C37H44N2O9/c1-6-43-29(40)21-27(31-32(44-22-24-15-9-7-10-16-24)33-36(46-31)48-37(4,5)47-33)38-35(42)30(23(2)3)39-34(41)26-19-13-14-20-28(26)45-25-17-11-8-12-18-25/h7-20,23,27,30-33,36H,6,21-22H2,1-5H3,(H,38,42)(H,39,41)/t27-,30+,31-,32+,33-,36-/m1/s1. The van der Waals surface area contributed by atoms with Crippen LogP contribution in [0.2, 0.25) is 0 Å². The molecule has 0 spiro atoms. The first-order valence-corrected chi connectivity index (χ1v) is 16.3. The minimum Gasteiger partial charge on any atom is -0.466 e. The van der Waals surface area contributed by atoms with Gasteiger partial charge in [-0.05, 0) is 56.5 Å². The number of esters is 1. The third-order valence-electron chi connectivity index (χ3n) is 8.07. The van der Waals surface area contributed by atoms with Crippen molar-refractivity contribution in [3.8, 4) is 11.5 Å². The summed E-state index contributed by atoms with van der Waals surface area (Å²) >= 11 is 0. The van der Waals surface area contributed by atoms with Crippen LogP contribution in [-0.4, -0.2) is 66.9 Å². The number of amides is 2. The molecule has 2 N–H and O–H groups in total. The Hall–Kier alpha value is -4.29. The second kappa shape index (κ2) is 15.7. The lowest BCUT2D eigenvalue weighted by Gasteiger charge is -2.32. The summed E-state index contributed by atoms with van der Waals surface area (Å²) in [5.74, 6) is -1.83. The summed E-state index contributed by atoms with van der Waals surface area (Å²) in [6.07, 6.45) is -3.14. The molecule has 0 aromatic heterocycles. The molecule has 2 fully saturated rings. The van der Waals surface area contributed by atoms with E-state index in [1.54, 1.807) is 57.2 Å². The van der Waals surface area contributed by atoms with Gasteiger partial charge in [-0.1, -0.05) is 74.5 Å². The van der Waals surface area contributed by atoms with Crippen molar-refractivity contribution in [3.05, 3.63) is 96.1 Å². The van der Waals surface area contributed by atoms with Crippen molar-refractivity contribution in [2.24, 2.45) is 5.92 Å². The summed E-state index contributed by atoms with van der Waals surface area (Å²) in [5, 5.41) is 5.85. The number of ether oxygens (including phenoxy) is 6. The van der Waals surface area contributed by atoms with E-state index < -0.39 is 60.3 Å². The molecule has 0 radical (unpaired) electrons. The molecule has 0 aliphatic carbocycles. The number of para-hydroxylation sites is 2. The van der Waals surface area contributed by atoms with Gasteiger partial charge >= 0.3 is 5.97 Å². The Morgan fingerprint density at radius 3 is 2.23 bits per heavy atom. The van der Waals surface area contributed by atoms with E-state index in [9.17, 15) is 14.4 Å². The molecule has 0 unspecified atom stereocenters. The fourth-order valence-electron chi connectivity index (χ4n) is 5.82. The Kier molecular flexibility index (Phi) is 11.5. The quantitative estimate of drug-likeness (QED) is 0.226. The lowest BCUT2D eigenvalue weighted by molar-refractivity contribution is -0.223. The van der Waals surface area contributed by atoms with E-state index >= 15 is 0 Å². The number of hydrogen-bond donors (Lipinski definition) is 2. The Bertz CT molecular complexity index is 1530. The smallest absolute Gasteiger partial charge is 0.307 e. The fraction of sp³-hybridized carbons (Fsp3) is 0.432. The number of carbonyl (C=O) groups excluding carboxylic acids is 3. The molecule has 11 heteroatoms. The molecule has 3 aromatic carbocycles. The van der Waals surface area contributed by atoms with Gasteiger partial charge in [0.1, 0.15) is 35.9 Å². The van der Waals surface area contributed by atoms with Crippen LogP contribution >= 0.6 is 0 Å². The van der Waals surface area contributed by atoms with Gasteiger partial charge < -0.3 is 39.1 Å². The van der Waals surface area contributed by atoms with Gasteiger partial charge in [0.15, 0.2) is 12.1 Å². The fourth-order valence-corrected chi connectivity index (χ4v) is 5.82. The normalized spacial score (nSPS) is 22.4. The molecule has 11 nitrogen and oxygen atoms in total. The first kappa shape index (κ1) is 35.0. The third-order valence-corrected chi connectivity index (χ3v) is 8.07. The highest BCUT2D eigenvalue weighted by Crippen LogP contribution is 2.40. The Balaban J connectivity index is 1.36. The predicted molar refractivity (Wildman–Crippen MR) is 176 cm³/mol. The van der Waals surface area contributed by atoms with E-state index in [1.807, 2.05) is 62.4 Å². The van der Waals surface area contributed by atoms with Gasteiger partial charge in [-0.3, -0.25) is 14.4 Å². The number of nitrogens with one attached hydrogen (secondary N) is 2. The second-order valence-corrected chi connectivity index (χ2v) is 12.6. The molecule has 2 aliphatic heterocycles. The van der Waals surface area contributed by atoms with Crippen LogP contribution in [0, 0.1) is 5.92 Å². The van der Waals surface area contributed by atoms with Crippen LogP contribution in [0.1, 0.15) is 57.0 Å². The minimum absolute atomic E-state index is 0.166. The SMILES string of the molecule is CCOC(=O)C[C@@H](NC(=O)[C@@H](NC(=O)c1ccccc1Oc1ccccc1)C(C)C)[C@H]1O[C@@H]2OC(C)(C)O[C@@H]2[C@H]1OCc1ccccc1. The molecule has 2 heterocycles. The minimum atomic E-state index is -0.969. The topological polar surface area (TPSA) is 131 Å². The maximum Gasteiger partial charge on any atom is 0.307 e. The predicted octanol–water partition coefficient (Wildman–Crippen LogP) is 5.13. The number of rotatable bonds is 14. The molecular formula is C37H44N2O9. The third kappa shape index (κ3) is 8.78. The Morgan fingerprint density at radius 1 is 0.875 bits per heavy atom. The van der Waals surface area contributed by atoms with E-state index in [1.165, 1.54) is 0 Å². The first-order valence-electron chi connectivity index (χ1n) is 16.3. The highest BCUT2D eigenvalue weighted by molar-refractivity contribution is 6.00. The zero-order valence-electron chi connectivity index (χ0n) is 27.9. The van der Waals surface area contributed by atoms with E-state index in [-0.39, 0.29) is 31.1 Å². The van der Waals surface area contributed by atoms with E-state index in [0.29, 0.717) is 11.5 Å². The molecule has 48 heavy (non-hydrogen) atoms. The van der Waals surface area contributed by atoms with Crippen molar-refractivity contribution in [2.45, 2.75) is 90.1 Å². The molecule has 2 amide bonds. The van der Waals surface area contributed by atoms with Gasteiger partial charge in [-0.15, -0.1) is 0 Å². The summed E-state index contributed by atoms with van der Waals surface area (Å²) in [4.78, 5) is 40.5. The van der Waals surface area contributed by atoms with Gasteiger partial charge in [-0.2, -0.15) is 0 Å². The van der Waals surface area contributed by atoms with Crippen LogP contribution in [0.4, 0.5) is 0 Å². The number of carbonyl (C=O) groups is 3. The molecule has 2 aliphatic rings. The maximum atomic E-state index is 14.0. The summed E-state index contributed by atoms with van der Waals surface area (Å²) in [5.41, 5.74) is 1.20. The average molecular weight is 661 g/mol. The monoisotopic (exact) mass is 660 g/mol. The second-order valence-electron chi connectivity index (χ2n) is 12.6. The van der Waals surface area contributed by atoms with E-state index in [0.717, 1.165) is 5.56 Å². The summed E-state index contributed by atoms with van der Waals surface area (Å²) in [6.45, 7) is 9.34. The van der Waals surface area contributed by atoms with E-state index in [4.69, 9.17) is 28.4 Å². The van der Waals surface area contributed by atoms with Crippen molar-refractivity contribution < 1.29 is 42.8 Å². The van der Waals surface area contributed by atoms with Gasteiger partial charge in [0.05, 0.1) is 31.2 Å². The van der Waals surface area contributed by atoms with Crippen LogP contribution < -0.4 is 15.4 Å². The average Bonchev–Trinajstić information content (AvgIpc) is 3.54. The van der Waals surface area contributed by atoms with Crippen molar-refractivity contribution in [2.75, 3.05) is 6.61 Å². The number of fused-ring (bicyclic) bond motifs is 1. The van der Waals surface area contributed by atoms with Gasteiger partial charge in [-0.25, -0.2) is 0 Å². The van der Waals surface area contributed by atoms with Crippen LogP contribution in [0.15, 0.2) is 84.9 Å². The number of hydrogen-bond acceptors (Lipinski definition) is 9. The molecular weight excluding hydrogens is 616 g/mol. The maximum absolute atomic E-state index is 14.0. The molecule has 256 valence electrons. The highest BCUT2D eigenvalue weighted by Gasteiger charge is 2.57. The van der Waals surface area contributed by atoms with Crippen molar-refractivity contribution in [3.63, 3.8) is 0 Å². The zero-order chi connectivity index (χ0) is 34.3. The summed E-state index contributed by atoms with van der Waals surface area (Å²) in [7, 11) is 0. The van der Waals surface area contributed by atoms with Crippen LogP contribution in [-0.2, 0) is 39.9 Å².